The minimum atomic E-state index is -1.88. The molecule has 0 unspecified atom stereocenters. The minimum absolute atomic E-state index is 0.00290. The van der Waals surface area contributed by atoms with Crippen LogP contribution in [0.4, 0.5) is 0 Å². The summed E-state index contributed by atoms with van der Waals surface area (Å²) in [5, 5.41) is 77.0. The normalized spacial score (nSPS) is 44.3. The Bertz CT molecular complexity index is 1890. The maximum absolute atomic E-state index is 13.7. The average molecular weight is 1040 g/mol. The Morgan fingerprint density at radius 3 is 1.63 bits per heavy atom. The fraction of sp³-hybridized carbons (Fsp3) is 0.796. The summed E-state index contributed by atoms with van der Waals surface area (Å²) in [6, 6.07) is 0. The van der Waals surface area contributed by atoms with E-state index >= 15 is 0 Å². The molecule has 5 aliphatic heterocycles. The third-order valence-corrected chi connectivity index (χ3v) is 16.0. The van der Waals surface area contributed by atoms with E-state index in [0.717, 1.165) is 0 Å². The van der Waals surface area contributed by atoms with Gasteiger partial charge < -0.3 is 78.4 Å². The molecular weight excluding hydrogens is 953 g/mol. The quantitative estimate of drug-likeness (QED) is 0.0905. The molecule has 0 radical (unpaired) electrons. The summed E-state index contributed by atoms with van der Waals surface area (Å²) in [4.78, 5) is 40.6. The van der Waals surface area contributed by atoms with E-state index in [1.165, 1.54) is 31.2 Å². The third kappa shape index (κ3) is 15.1. The van der Waals surface area contributed by atoms with E-state index in [0.29, 0.717) is 12.8 Å². The van der Waals surface area contributed by atoms with Crippen LogP contribution in [0, 0.1) is 47.3 Å². The molecule has 0 aromatic rings. The molecule has 19 nitrogen and oxygen atoms in total. The highest BCUT2D eigenvalue weighted by atomic mass is 16.8. The number of allylic oxidation sites excluding steroid dienone is 4. The smallest absolute Gasteiger partial charge is 0.331 e. The lowest BCUT2D eigenvalue weighted by atomic mass is 9.76. The van der Waals surface area contributed by atoms with Crippen LogP contribution in [0.5, 0.6) is 0 Å². The lowest BCUT2D eigenvalue weighted by molar-refractivity contribution is -0.344. The molecule has 4 fully saturated rings. The van der Waals surface area contributed by atoms with E-state index in [4.69, 9.17) is 42.6 Å². The van der Waals surface area contributed by atoms with Crippen molar-refractivity contribution in [1.82, 2.24) is 0 Å². The van der Waals surface area contributed by atoms with Gasteiger partial charge in [0.2, 0.25) is 6.29 Å². The molecule has 0 spiro atoms. The third-order valence-electron chi connectivity index (χ3n) is 16.0. The highest BCUT2D eigenvalue weighted by Gasteiger charge is 2.53. The first kappa shape index (κ1) is 60.7. The monoisotopic (exact) mass is 1040 g/mol. The fourth-order valence-electron chi connectivity index (χ4n) is 11.1. The van der Waals surface area contributed by atoms with Crippen molar-refractivity contribution in [1.29, 1.82) is 0 Å². The number of hydrogen-bond donors (Lipinski definition) is 7. The summed E-state index contributed by atoms with van der Waals surface area (Å²) in [5.74, 6) is -9.19. The van der Waals surface area contributed by atoms with Gasteiger partial charge >= 0.3 is 17.9 Å². The number of esters is 3. The largest absolute Gasteiger partial charge is 0.458 e. The molecule has 0 aromatic heterocycles. The van der Waals surface area contributed by atoms with Crippen LogP contribution in [0.1, 0.15) is 115 Å². The number of hydrogen-bond acceptors (Lipinski definition) is 19. The van der Waals surface area contributed by atoms with Gasteiger partial charge in [-0.3, -0.25) is 4.79 Å². The number of carbonyl (C=O) groups excluding carboxylic acids is 3. The second kappa shape index (κ2) is 26.8. The van der Waals surface area contributed by atoms with Gasteiger partial charge in [0.1, 0.15) is 30.5 Å². The Morgan fingerprint density at radius 2 is 1.15 bits per heavy atom. The van der Waals surface area contributed by atoms with E-state index in [-0.39, 0.29) is 37.2 Å². The molecule has 416 valence electrons. The van der Waals surface area contributed by atoms with Gasteiger partial charge in [-0.25, -0.2) is 9.59 Å². The average Bonchev–Trinajstić information content (AvgIpc) is 3.63. The molecule has 19 heteroatoms. The molecule has 0 amide bonds. The number of carbonyl (C=O) groups is 3. The molecule has 0 aromatic carbocycles. The van der Waals surface area contributed by atoms with Gasteiger partial charge in [-0.1, -0.05) is 84.9 Å². The summed E-state index contributed by atoms with van der Waals surface area (Å²) in [6.07, 6.45) is -2.14. The van der Waals surface area contributed by atoms with Crippen molar-refractivity contribution in [2.24, 2.45) is 47.3 Å². The van der Waals surface area contributed by atoms with Crippen LogP contribution in [0.3, 0.4) is 0 Å². The van der Waals surface area contributed by atoms with Crippen LogP contribution in [-0.4, -0.2) is 164 Å². The topological polar surface area (TPSA) is 276 Å². The number of cyclic esters (lactones) is 2. The molecule has 5 aliphatic rings. The number of aliphatic hydroxyl groups excluding tert-OH is 6. The molecule has 4 saturated heterocycles. The summed E-state index contributed by atoms with van der Waals surface area (Å²) < 4.78 is 54.4. The van der Waals surface area contributed by atoms with Crippen molar-refractivity contribution in [2.45, 2.75) is 225 Å². The highest BCUT2D eigenvalue weighted by molar-refractivity contribution is 5.83. The molecule has 0 aliphatic carbocycles. The second-order valence-electron chi connectivity index (χ2n) is 21.4. The first-order chi connectivity index (χ1) is 34.3. The minimum Gasteiger partial charge on any atom is -0.458 e. The Hall–Kier alpha value is -3.15. The highest BCUT2D eigenvalue weighted by Crippen LogP contribution is 2.43. The van der Waals surface area contributed by atoms with Gasteiger partial charge in [-0.15, -0.1) is 0 Å². The number of aliphatic hydroxyl groups is 7. The number of rotatable bonds is 15. The predicted octanol–water partition coefficient (Wildman–Crippen LogP) is 3.91. The first-order valence-corrected chi connectivity index (χ1v) is 26.4. The Morgan fingerprint density at radius 1 is 0.671 bits per heavy atom. The lowest BCUT2D eigenvalue weighted by Gasteiger charge is -2.50. The maximum Gasteiger partial charge on any atom is 0.331 e. The first-order valence-electron chi connectivity index (χ1n) is 26.4. The van der Waals surface area contributed by atoms with Crippen LogP contribution in [0.2, 0.25) is 0 Å². The van der Waals surface area contributed by atoms with Crippen LogP contribution < -0.4 is 0 Å². The molecule has 26 atom stereocenters. The zero-order chi connectivity index (χ0) is 54.2. The van der Waals surface area contributed by atoms with E-state index in [2.05, 4.69) is 0 Å². The van der Waals surface area contributed by atoms with Crippen LogP contribution >= 0.6 is 0 Å². The van der Waals surface area contributed by atoms with Crippen molar-refractivity contribution >= 4 is 17.9 Å². The summed E-state index contributed by atoms with van der Waals surface area (Å²) >= 11 is 0. The van der Waals surface area contributed by atoms with Gasteiger partial charge in [0.25, 0.3) is 0 Å². The van der Waals surface area contributed by atoms with Gasteiger partial charge in [0.05, 0.1) is 60.9 Å². The van der Waals surface area contributed by atoms with Crippen LogP contribution in [0.25, 0.3) is 0 Å². The molecule has 73 heavy (non-hydrogen) atoms. The van der Waals surface area contributed by atoms with E-state index < -0.39 is 157 Å². The van der Waals surface area contributed by atoms with Crippen molar-refractivity contribution in [3.63, 3.8) is 0 Å². The zero-order valence-corrected chi connectivity index (χ0v) is 44.6. The fourth-order valence-corrected chi connectivity index (χ4v) is 11.1. The van der Waals surface area contributed by atoms with Crippen molar-refractivity contribution in [2.75, 3.05) is 0 Å². The zero-order valence-electron chi connectivity index (χ0n) is 44.6. The molecule has 5 rings (SSSR count). The maximum atomic E-state index is 13.7. The number of ether oxygens (including phenoxy) is 9. The summed E-state index contributed by atoms with van der Waals surface area (Å²) in [5.41, 5.74) is 0. The Balaban J connectivity index is 1.25. The van der Waals surface area contributed by atoms with Crippen molar-refractivity contribution in [3.8, 4) is 0 Å². The summed E-state index contributed by atoms with van der Waals surface area (Å²) in [7, 11) is 0. The SMILES string of the molecule is CC[C@@H]1[C@@H](O[C@H]2C[C@H](O)[C@H](O)[C@H](C)O2)[C@@H](OC(=O)[C@@H](C)[C@H](O)[C@H](C)[C@H]2OC(=O)/C=C/C=C\[C@H](C)[C@@H]([C@@H](C)[C@@H](O)[C@H](C)[C@@]3(O)C[C@@H](O[C@H]4C[C@H](O)[C@H](O)[C@H](C)O4)[C@H](CC)[C@@H](C)O3)OC(=O)/C=C/C=C\[C@@H]2C)O[C@H]1C. The van der Waals surface area contributed by atoms with Gasteiger partial charge in [0.15, 0.2) is 18.4 Å². The summed E-state index contributed by atoms with van der Waals surface area (Å²) in [6.45, 7) is 20.9. The van der Waals surface area contributed by atoms with Gasteiger partial charge in [-0.05, 0) is 47.5 Å². The molecule has 5 heterocycles. The lowest BCUT2D eigenvalue weighted by Crippen LogP contribution is -2.59. The molecule has 0 saturated carbocycles. The Labute approximate surface area is 430 Å². The molecular formula is C54H86O19. The van der Waals surface area contributed by atoms with E-state index in [1.54, 1.807) is 72.8 Å². The molecule has 0 bridgehead atoms. The van der Waals surface area contributed by atoms with Gasteiger partial charge in [0, 0.05) is 72.8 Å². The van der Waals surface area contributed by atoms with Crippen molar-refractivity contribution in [3.05, 3.63) is 48.6 Å². The van der Waals surface area contributed by atoms with Gasteiger partial charge in [-0.2, -0.15) is 0 Å². The molecule has 7 N–H and O–H groups in total. The van der Waals surface area contributed by atoms with Crippen LogP contribution in [-0.2, 0) is 57.0 Å². The predicted molar refractivity (Wildman–Crippen MR) is 263 cm³/mol. The van der Waals surface area contributed by atoms with Crippen molar-refractivity contribution < 1.29 is 92.8 Å². The van der Waals surface area contributed by atoms with E-state index in [9.17, 15) is 50.1 Å². The Kier molecular flexibility index (Phi) is 22.2. The van der Waals surface area contributed by atoms with E-state index in [1.807, 2.05) is 27.7 Å². The standard InChI is InChI=1S/C54H86O19/c1-13-36-33(10)73-54(64,25-40(36)68-43-23-38(55)47(61)34(11)65-43)31(8)46(60)29(6)50-27(4)20-16-18-21-41(57)69-49(26(3)19-15-17-22-42(58)70-50)28(5)45(59)30(7)52(63)72-53-51(37(14-2)32(9)67-53)71-44-24-39(56)48(62)35(12)66-44/h15-22,26-40,43-51,53,55-56,59-62,64H,13-14,23-25H2,1-12H3/b19-15-,20-16-,21-18+,22-17+/t26-,27-,28-,29-,30-,31-,32-,33+,34-,35-,36+,37-,38-,39-,40+,43-,44-,45+,46+,47+,48+,49-,50-,51+,53+,54+/m0/s1. The second-order valence-corrected chi connectivity index (χ2v) is 21.4. The van der Waals surface area contributed by atoms with Crippen LogP contribution in [0.15, 0.2) is 48.6 Å².